The molecule has 0 bridgehead atoms. The highest BCUT2D eigenvalue weighted by molar-refractivity contribution is 7.90. The van der Waals surface area contributed by atoms with Crippen LogP contribution in [0.5, 0.6) is 0 Å². The highest BCUT2D eigenvalue weighted by atomic mass is 32.2. The van der Waals surface area contributed by atoms with Crippen molar-refractivity contribution in [2.75, 3.05) is 11.6 Å². The molecule has 5 N–H and O–H groups in total. The van der Waals surface area contributed by atoms with Crippen LogP contribution in [0.25, 0.3) is 55.6 Å². The van der Waals surface area contributed by atoms with Crippen LogP contribution in [-0.2, 0) is 14.6 Å². The molecule has 12 heteroatoms. The Morgan fingerprint density at radius 1 is 1.00 bits per heavy atom. The van der Waals surface area contributed by atoms with Gasteiger partial charge in [-0.15, -0.1) is 0 Å². The molecule has 1 amide bonds. The van der Waals surface area contributed by atoms with Crippen LogP contribution >= 0.6 is 0 Å². The summed E-state index contributed by atoms with van der Waals surface area (Å²) in [5.74, 6) is -0.499. The molecule has 45 heavy (non-hydrogen) atoms. The highest BCUT2D eigenvalue weighted by Crippen LogP contribution is 2.36. The SMILES string of the molecule is CS(=O)(=O)C(N)c1cc(F)cc(-c2ccnc3[nH]c(-c4n[nH]c5ccc(-c6cncc(NC(=O)C7CCCC7)c6)cc45)cc23)c1. The molecule has 1 aliphatic carbocycles. The number of halogens is 1. The Morgan fingerprint density at radius 3 is 2.62 bits per heavy atom. The third-order valence-corrected chi connectivity index (χ3v) is 9.63. The summed E-state index contributed by atoms with van der Waals surface area (Å²) in [5.41, 5.74) is 12.4. The van der Waals surface area contributed by atoms with E-state index in [9.17, 15) is 17.6 Å². The van der Waals surface area contributed by atoms with Gasteiger partial charge < -0.3 is 16.0 Å². The summed E-state index contributed by atoms with van der Waals surface area (Å²) >= 11 is 0. The number of H-pyrrole nitrogens is 2. The number of fused-ring (bicyclic) bond motifs is 2. The lowest BCUT2D eigenvalue weighted by atomic mass is 10.0. The lowest BCUT2D eigenvalue weighted by Crippen LogP contribution is -2.20. The van der Waals surface area contributed by atoms with Crippen molar-refractivity contribution in [3.63, 3.8) is 0 Å². The number of carbonyl (C=O) groups is 1. The molecular formula is C33H30FN7O3S. The number of nitrogens with two attached hydrogens (primary N) is 1. The van der Waals surface area contributed by atoms with Gasteiger partial charge >= 0.3 is 0 Å². The number of aromatic nitrogens is 5. The standard InChI is InChI=1S/C33H30FN7O3S/c1-45(43,44)31(35)21-10-20(11-23(34)12-21)25-8-9-37-32-26(25)15-29(39-32)30-27-14-19(6-7-28(27)40-41-30)22-13-24(17-36-16-22)38-33(42)18-4-2-3-5-18/h6-18,31H,2-5,35H2,1H3,(H,37,39)(H,38,42)(H,40,41). The zero-order valence-corrected chi connectivity index (χ0v) is 25.2. The number of nitrogens with one attached hydrogen (secondary N) is 3. The Labute approximate surface area is 258 Å². The second kappa shape index (κ2) is 11.2. The molecule has 4 heterocycles. The number of hydrogen-bond donors (Lipinski definition) is 4. The third-order valence-electron chi connectivity index (χ3n) is 8.44. The minimum absolute atomic E-state index is 0.0403. The predicted molar refractivity (Wildman–Crippen MR) is 172 cm³/mol. The van der Waals surface area contributed by atoms with Gasteiger partial charge in [-0.3, -0.25) is 14.9 Å². The summed E-state index contributed by atoms with van der Waals surface area (Å²) in [4.78, 5) is 24.9. The zero-order valence-electron chi connectivity index (χ0n) is 24.3. The van der Waals surface area contributed by atoms with E-state index < -0.39 is 21.0 Å². The van der Waals surface area contributed by atoms with Gasteiger partial charge in [0.05, 0.1) is 23.1 Å². The van der Waals surface area contributed by atoms with Crippen LogP contribution < -0.4 is 11.1 Å². The number of anilines is 1. The fourth-order valence-corrected chi connectivity index (χ4v) is 6.71. The number of hydrogen-bond acceptors (Lipinski definition) is 7. The lowest BCUT2D eigenvalue weighted by Gasteiger charge is -2.12. The minimum Gasteiger partial charge on any atom is -0.338 e. The second-order valence-electron chi connectivity index (χ2n) is 11.6. The van der Waals surface area contributed by atoms with Crippen LogP contribution in [0.3, 0.4) is 0 Å². The quantitative estimate of drug-likeness (QED) is 0.167. The van der Waals surface area contributed by atoms with E-state index in [1.165, 1.54) is 6.07 Å². The van der Waals surface area contributed by atoms with Gasteiger partial charge in [0.25, 0.3) is 0 Å². The monoisotopic (exact) mass is 623 g/mol. The van der Waals surface area contributed by atoms with Crippen LogP contribution in [-0.4, -0.2) is 45.7 Å². The third kappa shape index (κ3) is 5.58. The van der Waals surface area contributed by atoms with Gasteiger partial charge in [-0.2, -0.15) is 5.10 Å². The maximum atomic E-state index is 14.7. The van der Waals surface area contributed by atoms with Crippen molar-refractivity contribution in [2.24, 2.45) is 11.7 Å². The van der Waals surface area contributed by atoms with Crippen molar-refractivity contribution in [3.8, 4) is 33.6 Å². The Balaban J connectivity index is 1.25. The fraction of sp³-hybridized carbons (Fsp3) is 0.212. The topological polar surface area (TPSA) is 160 Å². The first kappa shape index (κ1) is 28.8. The molecule has 0 aliphatic heterocycles. The van der Waals surface area contributed by atoms with Gasteiger partial charge in [0.1, 0.15) is 22.5 Å². The van der Waals surface area contributed by atoms with Gasteiger partial charge in [-0.1, -0.05) is 18.9 Å². The number of amides is 1. The molecule has 7 rings (SSSR count). The highest BCUT2D eigenvalue weighted by Gasteiger charge is 2.23. The number of sulfone groups is 1. The smallest absolute Gasteiger partial charge is 0.227 e. The summed E-state index contributed by atoms with van der Waals surface area (Å²) in [7, 11) is -3.64. The number of aromatic amines is 2. The summed E-state index contributed by atoms with van der Waals surface area (Å²) in [6.45, 7) is 0. The number of carbonyl (C=O) groups excluding carboxylic acids is 1. The van der Waals surface area contributed by atoms with E-state index in [1.807, 2.05) is 30.3 Å². The normalized spacial score (nSPS) is 14.7. The average molecular weight is 624 g/mol. The van der Waals surface area contributed by atoms with Crippen LogP contribution in [0.15, 0.2) is 73.2 Å². The molecule has 228 valence electrons. The van der Waals surface area contributed by atoms with Crippen molar-refractivity contribution in [2.45, 2.75) is 31.1 Å². The van der Waals surface area contributed by atoms with E-state index in [0.717, 1.165) is 60.0 Å². The maximum Gasteiger partial charge on any atom is 0.227 e. The van der Waals surface area contributed by atoms with Gasteiger partial charge in [0, 0.05) is 40.9 Å². The summed E-state index contributed by atoms with van der Waals surface area (Å²) in [6, 6.07) is 15.5. The van der Waals surface area contributed by atoms with Crippen molar-refractivity contribution >= 4 is 43.4 Å². The summed E-state index contributed by atoms with van der Waals surface area (Å²) in [5, 5.41) is 10.9. The van der Waals surface area contributed by atoms with Crippen LogP contribution in [0.1, 0.15) is 36.6 Å². The van der Waals surface area contributed by atoms with E-state index in [0.29, 0.717) is 39.2 Å². The molecule has 2 aromatic carbocycles. The number of pyridine rings is 2. The Bertz CT molecular complexity index is 2200. The van der Waals surface area contributed by atoms with Crippen molar-refractivity contribution in [3.05, 3.63) is 84.6 Å². The Kier molecular flexibility index (Phi) is 7.17. The molecule has 10 nitrogen and oxygen atoms in total. The first-order valence-electron chi connectivity index (χ1n) is 14.6. The lowest BCUT2D eigenvalue weighted by molar-refractivity contribution is -0.119. The second-order valence-corrected chi connectivity index (χ2v) is 13.8. The van der Waals surface area contributed by atoms with E-state index >= 15 is 0 Å². The molecule has 1 saturated carbocycles. The van der Waals surface area contributed by atoms with Crippen LogP contribution in [0.4, 0.5) is 10.1 Å². The molecule has 6 aromatic rings. The van der Waals surface area contributed by atoms with Crippen molar-refractivity contribution < 1.29 is 17.6 Å². The predicted octanol–water partition coefficient (Wildman–Crippen LogP) is 6.10. The van der Waals surface area contributed by atoms with E-state index in [4.69, 9.17) is 5.73 Å². The molecule has 4 aromatic heterocycles. The maximum absolute atomic E-state index is 14.7. The summed E-state index contributed by atoms with van der Waals surface area (Å²) in [6.07, 6.45) is 10.1. The average Bonchev–Trinajstić information content (AvgIpc) is 3.79. The molecule has 1 atom stereocenters. The molecule has 1 fully saturated rings. The summed E-state index contributed by atoms with van der Waals surface area (Å²) < 4.78 is 38.8. The van der Waals surface area contributed by atoms with Gasteiger partial charge in [-0.25, -0.2) is 17.8 Å². The molecule has 1 unspecified atom stereocenters. The Morgan fingerprint density at radius 2 is 1.82 bits per heavy atom. The molecular weight excluding hydrogens is 593 g/mol. The van der Waals surface area contributed by atoms with Crippen LogP contribution in [0, 0.1) is 11.7 Å². The van der Waals surface area contributed by atoms with Crippen LogP contribution in [0.2, 0.25) is 0 Å². The first-order chi connectivity index (χ1) is 21.6. The fourth-order valence-electron chi connectivity index (χ4n) is 6.08. The molecule has 1 aliphatic rings. The largest absolute Gasteiger partial charge is 0.338 e. The van der Waals surface area contributed by atoms with Crippen molar-refractivity contribution in [1.29, 1.82) is 0 Å². The van der Waals surface area contributed by atoms with E-state index in [-0.39, 0.29) is 17.4 Å². The minimum atomic E-state index is -3.64. The zero-order chi connectivity index (χ0) is 31.3. The van der Waals surface area contributed by atoms with Gasteiger partial charge in [0.2, 0.25) is 5.91 Å². The van der Waals surface area contributed by atoms with Gasteiger partial charge in [0.15, 0.2) is 9.84 Å². The van der Waals surface area contributed by atoms with E-state index in [2.05, 4.69) is 30.5 Å². The first-order valence-corrected chi connectivity index (χ1v) is 16.6. The van der Waals surface area contributed by atoms with Gasteiger partial charge in [-0.05, 0) is 83.6 Å². The number of nitrogens with zero attached hydrogens (tertiary/aromatic N) is 3. The molecule has 0 spiro atoms. The number of benzene rings is 2. The Hall–Kier alpha value is -4.94. The molecule has 0 radical (unpaired) electrons. The molecule has 0 saturated heterocycles. The van der Waals surface area contributed by atoms with Crippen molar-refractivity contribution in [1.82, 2.24) is 25.1 Å². The number of rotatable bonds is 7. The van der Waals surface area contributed by atoms with E-state index in [1.54, 1.807) is 30.7 Å².